The van der Waals surface area contributed by atoms with Gasteiger partial charge in [0.05, 0.1) is 10.7 Å². The van der Waals surface area contributed by atoms with E-state index in [4.69, 9.17) is 4.98 Å². The number of aliphatic imine (C=N–C) groups is 1. The maximum absolute atomic E-state index is 4.71. The van der Waals surface area contributed by atoms with Crippen LogP contribution in [-0.4, -0.2) is 54.1 Å². The summed E-state index contributed by atoms with van der Waals surface area (Å²) in [5.41, 5.74) is 3.78. The van der Waals surface area contributed by atoms with E-state index >= 15 is 0 Å². The number of piperidine rings is 1. The fourth-order valence-electron chi connectivity index (χ4n) is 4.28. The number of rotatable bonds is 8. The first-order valence-electron chi connectivity index (χ1n) is 11.4. The number of aromatic amines is 1. The first-order valence-corrected chi connectivity index (χ1v) is 12.3. The minimum absolute atomic E-state index is 0.699. The number of likely N-dealkylation sites (tertiary alicyclic amines) is 1. The van der Waals surface area contributed by atoms with Gasteiger partial charge in [-0.3, -0.25) is 9.89 Å². The Kier molecular flexibility index (Phi) is 7.59. The number of para-hydroxylation sites is 1. The van der Waals surface area contributed by atoms with E-state index in [0.29, 0.717) is 5.92 Å². The fraction of sp³-hybridized carbons (Fsp3) is 0.500. The van der Waals surface area contributed by atoms with Crippen LogP contribution in [0.15, 0.2) is 40.8 Å². The van der Waals surface area contributed by atoms with Crippen LogP contribution in [0.2, 0.25) is 0 Å². The van der Waals surface area contributed by atoms with E-state index in [9.17, 15) is 0 Å². The Bertz CT molecular complexity index is 983. The van der Waals surface area contributed by atoms with E-state index in [1.165, 1.54) is 40.0 Å². The van der Waals surface area contributed by atoms with Crippen molar-refractivity contribution < 1.29 is 0 Å². The third kappa shape index (κ3) is 5.86. The maximum Gasteiger partial charge on any atom is 0.190 e. The van der Waals surface area contributed by atoms with Crippen molar-refractivity contribution in [3.05, 3.63) is 52.1 Å². The van der Waals surface area contributed by atoms with E-state index in [1.54, 1.807) is 11.3 Å². The van der Waals surface area contributed by atoms with Crippen LogP contribution in [0.4, 0.5) is 0 Å². The Labute approximate surface area is 189 Å². The van der Waals surface area contributed by atoms with Crippen LogP contribution < -0.4 is 10.6 Å². The Morgan fingerprint density at radius 1 is 1.26 bits per heavy atom. The summed E-state index contributed by atoms with van der Waals surface area (Å²) in [6.07, 6.45) is 6.58. The molecule has 0 saturated carbocycles. The quantitative estimate of drug-likeness (QED) is 0.370. The van der Waals surface area contributed by atoms with E-state index in [0.717, 1.165) is 51.5 Å². The molecule has 1 fully saturated rings. The molecule has 0 aliphatic carbocycles. The van der Waals surface area contributed by atoms with Gasteiger partial charge in [-0.2, -0.15) is 0 Å². The molecule has 3 aromatic rings. The highest BCUT2D eigenvalue weighted by molar-refractivity contribution is 7.09. The van der Waals surface area contributed by atoms with Crippen molar-refractivity contribution in [1.82, 2.24) is 25.5 Å². The zero-order valence-corrected chi connectivity index (χ0v) is 19.5. The number of hydrogen-bond donors (Lipinski definition) is 3. The van der Waals surface area contributed by atoms with Crippen LogP contribution in [0, 0.1) is 5.92 Å². The highest BCUT2D eigenvalue weighted by Gasteiger charge is 2.20. The van der Waals surface area contributed by atoms with E-state index in [2.05, 4.69) is 68.3 Å². The minimum atomic E-state index is 0.699. The molecule has 1 aliphatic heterocycles. The summed E-state index contributed by atoms with van der Waals surface area (Å²) in [6, 6.07) is 8.46. The predicted molar refractivity (Wildman–Crippen MR) is 131 cm³/mol. The largest absolute Gasteiger partial charge is 0.361 e. The van der Waals surface area contributed by atoms with Gasteiger partial charge in [-0.1, -0.05) is 25.1 Å². The Hall–Kier alpha value is -2.38. The number of aromatic nitrogens is 2. The molecule has 0 atom stereocenters. The van der Waals surface area contributed by atoms with Gasteiger partial charge in [0.25, 0.3) is 0 Å². The molecule has 0 spiro atoms. The average molecular weight is 439 g/mol. The normalized spacial score (nSPS) is 16.1. The van der Waals surface area contributed by atoms with Crippen molar-refractivity contribution in [2.75, 3.05) is 33.2 Å². The molecule has 2 aromatic heterocycles. The second-order valence-corrected chi connectivity index (χ2v) is 9.24. The summed E-state index contributed by atoms with van der Waals surface area (Å²) in [5, 5.41) is 11.8. The molecule has 0 radical (unpaired) electrons. The van der Waals surface area contributed by atoms with Crippen molar-refractivity contribution in [1.29, 1.82) is 0 Å². The second-order valence-electron chi connectivity index (χ2n) is 8.30. The van der Waals surface area contributed by atoms with Crippen LogP contribution in [0.1, 0.15) is 36.0 Å². The summed E-state index contributed by atoms with van der Waals surface area (Å²) < 4.78 is 0. The van der Waals surface area contributed by atoms with Crippen molar-refractivity contribution in [3.8, 4) is 0 Å². The zero-order valence-electron chi connectivity index (χ0n) is 18.7. The number of nitrogens with one attached hydrogen (secondary N) is 3. The predicted octanol–water partition coefficient (Wildman–Crippen LogP) is 3.81. The number of thiazole rings is 1. The minimum Gasteiger partial charge on any atom is -0.361 e. The summed E-state index contributed by atoms with van der Waals surface area (Å²) >= 11 is 1.79. The number of H-pyrrole nitrogens is 1. The smallest absolute Gasteiger partial charge is 0.190 e. The molecule has 31 heavy (non-hydrogen) atoms. The molecular formula is C24H34N6S. The molecule has 0 bridgehead atoms. The summed E-state index contributed by atoms with van der Waals surface area (Å²) in [4.78, 5) is 15.0. The van der Waals surface area contributed by atoms with Gasteiger partial charge in [-0.25, -0.2) is 4.98 Å². The van der Waals surface area contributed by atoms with Gasteiger partial charge in [-0.05, 0) is 56.3 Å². The third-order valence-electron chi connectivity index (χ3n) is 6.14. The van der Waals surface area contributed by atoms with Crippen LogP contribution in [-0.2, 0) is 19.4 Å². The van der Waals surface area contributed by atoms with Gasteiger partial charge < -0.3 is 15.6 Å². The Morgan fingerprint density at radius 3 is 2.87 bits per heavy atom. The monoisotopic (exact) mass is 438 g/mol. The standard InChI is InChI=1S/C24H34N6S/c1-3-23-29-20(17-31-23)16-30-12-9-18(10-13-30)14-28-24(25-2)26-11-8-19-15-27-22-7-5-4-6-21(19)22/h4-7,15,17-18,27H,3,8-14,16H2,1-2H3,(H2,25,26,28). The molecule has 166 valence electrons. The number of nitrogens with zero attached hydrogens (tertiary/aromatic N) is 3. The number of benzene rings is 1. The lowest BCUT2D eigenvalue weighted by molar-refractivity contribution is 0.176. The van der Waals surface area contributed by atoms with Gasteiger partial charge in [0.15, 0.2) is 5.96 Å². The highest BCUT2D eigenvalue weighted by Crippen LogP contribution is 2.20. The molecule has 3 heterocycles. The Balaban J connectivity index is 1.15. The lowest BCUT2D eigenvalue weighted by Crippen LogP contribution is -2.43. The average Bonchev–Trinajstić information content (AvgIpc) is 3.44. The zero-order chi connectivity index (χ0) is 21.5. The van der Waals surface area contributed by atoms with Crippen molar-refractivity contribution >= 4 is 28.2 Å². The van der Waals surface area contributed by atoms with Crippen LogP contribution in [0.3, 0.4) is 0 Å². The van der Waals surface area contributed by atoms with Crippen LogP contribution in [0.25, 0.3) is 10.9 Å². The van der Waals surface area contributed by atoms with Gasteiger partial charge in [0, 0.05) is 49.2 Å². The molecule has 3 N–H and O–H groups in total. The first-order chi connectivity index (χ1) is 15.2. The van der Waals surface area contributed by atoms with Crippen molar-refractivity contribution in [2.45, 2.75) is 39.2 Å². The van der Waals surface area contributed by atoms with E-state index < -0.39 is 0 Å². The second kappa shape index (κ2) is 10.8. The molecule has 4 rings (SSSR count). The highest BCUT2D eigenvalue weighted by atomic mass is 32.1. The maximum atomic E-state index is 4.71. The lowest BCUT2D eigenvalue weighted by atomic mass is 9.97. The third-order valence-corrected chi connectivity index (χ3v) is 7.18. The number of guanidine groups is 1. The summed E-state index contributed by atoms with van der Waals surface area (Å²) in [5.74, 6) is 1.60. The number of hydrogen-bond acceptors (Lipinski definition) is 4. The summed E-state index contributed by atoms with van der Waals surface area (Å²) in [6.45, 7) is 7.32. The van der Waals surface area contributed by atoms with Gasteiger partial charge >= 0.3 is 0 Å². The molecule has 1 aliphatic rings. The molecule has 1 aromatic carbocycles. The molecule has 0 amide bonds. The van der Waals surface area contributed by atoms with E-state index in [-0.39, 0.29) is 0 Å². The fourth-order valence-corrected chi connectivity index (χ4v) is 5.01. The Morgan fingerprint density at radius 2 is 2.10 bits per heavy atom. The van der Waals surface area contributed by atoms with Crippen molar-refractivity contribution in [3.63, 3.8) is 0 Å². The molecular weight excluding hydrogens is 404 g/mol. The molecule has 0 unspecified atom stereocenters. The van der Waals surface area contributed by atoms with Gasteiger partial charge in [0.1, 0.15) is 0 Å². The molecule has 7 heteroatoms. The topological polar surface area (TPSA) is 68.3 Å². The molecule has 1 saturated heterocycles. The summed E-state index contributed by atoms with van der Waals surface area (Å²) in [7, 11) is 1.85. The number of fused-ring (bicyclic) bond motifs is 1. The first kappa shape index (κ1) is 21.8. The van der Waals surface area contributed by atoms with Gasteiger partial charge in [-0.15, -0.1) is 11.3 Å². The molecule has 6 nitrogen and oxygen atoms in total. The van der Waals surface area contributed by atoms with E-state index in [1.807, 2.05) is 7.05 Å². The van der Waals surface area contributed by atoms with Crippen LogP contribution in [0.5, 0.6) is 0 Å². The number of aryl methyl sites for hydroxylation is 1. The van der Waals surface area contributed by atoms with Gasteiger partial charge in [0.2, 0.25) is 0 Å². The van der Waals surface area contributed by atoms with Crippen molar-refractivity contribution in [2.24, 2.45) is 10.9 Å². The SMILES string of the molecule is CCc1nc(CN2CCC(CNC(=NC)NCCc3c[nH]c4ccccc34)CC2)cs1. The van der Waals surface area contributed by atoms with Crippen LogP contribution >= 0.6 is 11.3 Å². The lowest BCUT2D eigenvalue weighted by Gasteiger charge is -2.31.